The molecule has 7 nitrogen and oxygen atoms in total. The molecule has 0 aliphatic carbocycles. The van der Waals surface area contributed by atoms with Crippen molar-refractivity contribution in [3.63, 3.8) is 0 Å². The SMILES string of the molecule is C=CCN(C(=O)[C@H]1[C@H]2C(=O)N([C@@H](CO)Cc3ccccc3)C(C(=O)N(CC=C)C(C)C)C23CC[C@]1(C)S3)c1ccccc1. The van der Waals surface area contributed by atoms with Gasteiger partial charge in [0.1, 0.15) is 6.04 Å². The Kier molecular flexibility index (Phi) is 8.91. The van der Waals surface area contributed by atoms with E-state index in [9.17, 15) is 19.5 Å². The monoisotopic (exact) mass is 601 g/mol. The quantitative estimate of drug-likeness (QED) is 0.357. The fourth-order valence-corrected chi connectivity index (χ4v) is 9.96. The standard InChI is InChI=1S/C35H43N3O4S/c1-6-20-36(24(3)4)33(42)30-35-19-18-34(5,43-35)28(31(40)37(21-7-2)26-16-12-9-13-17-26)29(35)32(41)38(30)27(23-39)22-25-14-10-8-11-15-25/h6-17,24,27-30,39H,1-2,18-23H2,3-5H3/t27-,28-,29+,30?,34+,35?/m1/s1. The lowest BCUT2D eigenvalue weighted by Crippen LogP contribution is -2.59. The Labute approximate surface area is 259 Å². The van der Waals surface area contributed by atoms with Gasteiger partial charge in [-0.2, -0.15) is 0 Å². The van der Waals surface area contributed by atoms with Crippen molar-refractivity contribution < 1.29 is 19.5 Å². The third kappa shape index (κ3) is 5.22. The second-order valence-electron chi connectivity index (χ2n) is 12.4. The first-order valence-electron chi connectivity index (χ1n) is 15.2. The molecule has 0 saturated carbocycles. The van der Waals surface area contributed by atoms with Gasteiger partial charge in [0.05, 0.1) is 29.2 Å². The molecule has 43 heavy (non-hydrogen) atoms. The van der Waals surface area contributed by atoms with Crippen LogP contribution in [0.5, 0.6) is 0 Å². The molecule has 8 heteroatoms. The second-order valence-corrected chi connectivity index (χ2v) is 14.3. The largest absolute Gasteiger partial charge is 0.394 e. The Balaban J connectivity index is 1.62. The molecule has 2 aromatic carbocycles. The Morgan fingerprint density at radius 3 is 2.23 bits per heavy atom. The van der Waals surface area contributed by atoms with Crippen molar-refractivity contribution in [3.05, 3.63) is 91.5 Å². The summed E-state index contributed by atoms with van der Waals surface area (Å²) in [6, 6.07) is 17.7. The van der Waals surface area contributed by atoms with Crippen LogP contribution in [0.4, 0.5) is 5.69 Å². The van der Waals surface area contributed by atoms with Gasteiger partial charge >= 0.3 is 0 Å². The molecule has 6 atom stereocenters. The molecule has 3 heterocycles. The molecule has 3 aliphatic rings. The van der Waals surface area contributed by atoms with Gasteiger partial charge in [-0.05, 0) is 57.7 Å². The number of para-hydroxylation sites is 1. The third-order valence-corrected chi connectivity index (χ3v) is 11.5. The van der Waals surface area contributed by atoms with E-state index in [0.717, 1.165) is 17.7 Å². The lowest BCUT2D eigenvalue weighted by Gasteiger charge is -2.40. The number of likely N-dealkylation sites (tertiary alicyclic amines) is 1. The van der Waals surface area contributed by atoms with Crippen LogP contribution in [-0.4, -0.2) is 79.9 Å². The zero-order valence-corrected chi connectivity index (χ0v) is 26.2. The maximum absolute atomic E-state index is 14.8. The maximum atomic E-state index is 14.8. The molecule has 1 spiro atoms. The van der Waals surface area contributed by atoms with Crippen LogP contribution in [0, 0.1) is 11.8 Å². The van der Waals surface area contributed by atoms with Crippen molar-refractivity contribution >= 4 is 35.2 Å². The number of carbonyl (C=O) groups is 3. The van der Waals surface area contributed by atoms with Crippen LogP contribution in [0.2, 0.25) is 0 Å². The van der Waals surface area contributed by atoms with E-state index in [1.807, 2.05) is 74.5 Å². The van der Waals surface area contributed by atoms with Crippen LogP contribution in [0.3, 0.4) is 0 Å². The van der Waals surface area contributed by atoms with Crippen LogP contribution in [0.15, 0.2) is 86.0 Å². The van der Waals surface area contributed by atoms with Crippen LogP contribution in [0.1, 0.15) is 39.2 Å². The summed E-state index contributed by atoms with van der Waals surface area (Å²) in [5.41, 5.74) is 1.72. The molecular formula is C35H43N3O4S. The van der Waals surface area contributed by atoms with Crippen molar-refractivity contribution in [2.75, 3.05) is 24.6 Å². The van der Waals surface area contributed by atoms with Crippen LogP contribution >= 0.6 is 11.8 Å². The van der Waals surface area contributed by atoms with E-state index in [4.69, 9.17) is 0 Å². The number of hydrogen-bond acceptors (Lipinski definition) is 5. The van der Waals surface area contributed by atoms with Gasteiger partial charge in [-0.25, -0.2) is 0 Å². The fraction of sp³-hybridized carbons (Fsp3) is 0.457. The predicted octanol–water partition coefficient (Wildman–Crippen LogP) is 4.71. The van der Waals surface area contributed by atoms with Crippen molar-refractivity contribution in [1.82, 2.24) is 9.80 Å². The third-order valence-electron chi connectivity index (χ3n) is 9.51. The van der Waals surface area contributed by atoms with E-state index < -0.39 is 33.4 Å². The first kappa shape index (κ1) is 31.1. The summed E-state index contributed by atoms with van der Waals surface area (Å²) in [7, 11) is 0. The molecule has 3 saturated heterocycles. The number of nitrogens with zero attached hydrogens (tertiary/aromatic N) is 3. The first-order chi connectivity index (χ1) is 20.6. The number of anilines is 1. The fourth-order valence-electron chi connectivity index (χ4n) is 7.63. The van der Waals surface area contributed by atoms with Gasteiger partial charge in [0, 0.05) is 29.6 Å². The van der Waals surface area contributed by atoms with E-state index in [2.05, 4.69) is 20.1 Å². The minimum Gasteiger partial charge on any atom is -0.394 e. The summed E-state index contributed by atoms with van der Waals surface area (Å²) >= 11 is 1.65. The van der Waals surface area contributed by atoms with Crippen LogP contribution in [0.25, 0.3) is 0 Å². The number of thioether (sulfide) groups is 1. The minimum atomic E-state index is -0.803. The molecule has 0 radical (unpaired) electrons. The number of hydrogen-bond donors (Lipinski definition) is 1. The topological polar surface area (TPSA) is 81.2 Å². The lowest BCUT2D eigenvalue weighted by atomic mass is 9.66. The zero-order chi connectivity index (χ0) is 30.9. The van der Waals surface area contributed by atoms with Gasteiger partial charge in [0.25, 0.3) is 0 Å². The Morgan fingerprint density at radius 1 is 1.02 bits per heavy atom. The number of amides is 3. The molecule has 3 aliphatic heterocycles. The molecule has 3 amide bonds. The van der Waals surface area contributed by atoms with Gasteiger partial charge in [0.15, 0.2) is 0 Å². The average molecular weight is 602 g/mol. The number of fused-ring (bicyclic) bond motifs is 1. The molecule has 3 fully saturated rings. The van der Waals surface area contributed by atoms with E-state index in [1.165, 1.54) is 0 Å². The molecule has 2 unspecified atom stereocenters. The van der Waals surface area contributed by atoms with Gasteiger partial charge < -0.3 is 19.8 Å². The van der Waals surface area contributed by atoms with E-state index in [0.29, 0.717) is 25.9 Å². The summed E-state index contributed by atoms with van der Waals surface area (Å²) in [6.45, 7) is 14.2. The van der Waals surface area contributed by atoms with Crippen molar-refractivity contribution in [3.8, 4) is 0 Å². The molecule has 228 valence electrons. The molecule has 1 N–H and O–H groups in total. The summed E-state index contributed by atoms with van der Waals surface area (Å²) in [4.78, 5) is 49.2. The summed E-state index contributed by atoms with van der Waals surface area (Å²) in [5, 5.41) is 10.8. The second kappa shape index (κ2) is 12.3. The van der Waals surface area contributed by atoms with E-state index in [-0.39, 0.29) is 30.4 Å². The minimum absolute atomic E-state index is 0.114. The molecule has 2 bridgehead atoms. The normalized spacial score (nSPS) is 28.1. The Bertz CT molecular complexity index is 1370. The summed E-state index contributed by atoms with van der Waals surface area (Å²) in [6.07, 6.45) is 5.19. The van der Waals surface area contributed by atoms with E-state index >= 15 is 0 Å². The van der Waals surface area contributed by atoms with Crippen LogP contribution in [-0.2, 0) is 20.8 Å². The van der Waals surface area contributed by atoms with Crippen molar-refractivity contribution in [2.45, 2.75) is 67.7 Å². The van der Waals surface area contributed by atoms with Gasteiger partial charge in [-0.15, -0.1) is 24.9 Å². The number of benzene rings is 2. The molecular weight excluding hydrogens is 558 g/mol. The van der Waals surface area contributed by atoms with Gasteiger partial charge in [-0.1, -0.05) is 60.7 Å². The number of aliphatic hydroxyl groups excluding tert-OH is 1. The van der Waals surface area contributed by atoms with Crippen molar-refractivity contribution in [1.29, 1.82) is 0 Å². The highest BCUT2D eigenvalue weighted by Crippen LogP contribution is 2.72. The van der Waals surface area contributed by atoms with Crippen molar-refractivity contribution in [2.24, 2.45) is 11.8 Å². The molecule has 2 aromatic rings. The highest BCUT2D eigenvalue weighted by molar-refractivity contribution is 8.02. The van der Waals surface area contributed by atoms with Crippen LogP contribution < -0.4 is 4.90 Å². The molecule has 5 rings (SSSR count). The Hall–Kier alpha value is -3.36. The number of rotatable bonds is 12. The predicted molar refractivity (Wildman–Crippen MR) is 173 cm³/mol. The maximum Gasteiger partial charge on any atom is 0.247 e. The Morgan fingerprint density at radius 2 is 1.65 bits per heavy atom. The number of carbonyl (C=O) groups excluding carboxylic acids is 3. The zero-order valence-electron chi connectivity index (χ0n) is 25.4. The summed E-state index contributed by atoms with van der Waals surface area (Å²) in [5.74, 6) is -1.78. The average Bonchev–Trinajstić information content (AvgIpc) is 3.58. The highest BCUT2D eigenvalue weighted by atomic mass is 32.2. The smallest absolute Gasteiger partial charge is 0.247 e. The van der Waals surface area contributed by atoms with Gasteiger partial charge in [0.2, 0.25) is 17.7 Å². The van der Waals surface area contributed by atoms with E-state index in [1.54, 1.807) is 38.6 Å². The highest BCUT2D eigenvalue weighted by Gasteiger charge is 2.78. The van der Waals surface area contributed by atoms with Gasteiger partial charge in [-0.3, -0.25) is 14.4 Å². The first-order valence-corrected chi connectivity index (χ1v) is 16.0. The number of aliphatic hydroxyl groups is 1. The molecule has 0 aromatic heterocycles. The summed E-state index contributed by atoms with van der Waals surface area (Å²) < 4.78 is -1.29. The lowest BCUT2D eigenvalue weighted by molar-refractivity contribution is -0.146.